The van der Waals surface area contributed by atoms with E-state index < -0.39 is 6.43 Å². The van der Waals surface area contributed by atoms with Gasteiger partial charge in [-0.2, -0.15) is 15.5 Å². The molecule has 4 fully saturated rings. The molecule has 67 heavy (non-hydrogen) atoms. The summed E-state index contributed by atoms with van der Waals surface area (Å²) in [5, 5.41) is 31.2. The summed E-state index contributed by atoms with van der Waals surface area (Å²) in [5.41, 5.74) is 5.59. The number of nitrogens with zero attached hydrogens (tertiary/aromatic N) is 10. The van der Waals surface area contributed by atoms with Gasteiger partial charge in [0, 0.05) is 98.9 Å². The summed E-state index contributed by atoms with van der Waals surface area (Å²) in [6, 6.07) is 11.1. The zero-order valence-corrected chi connectivity index (χ0v) is 39.0. The van der Waals surface area contributed by atoms with Gasteiger partial charge in [-0.15, -0.1) is 10.2 Å². The van der Waals surface area contributed by atoms with Crippen LogP contribution in [0.4, 0.5) is 20.4 Å². The Morgan fingerprint density at radius 2 is 1.78 bits per heavy atom. The summed E-state index contributed by atoms with van der Waals surface area (Å²) in [6.07, 6.45) is 15.2. The highest BCUT2D eigenvalue weighted by molar-refractivity contribution is 6.31. The average molecular weight is 935 g/mol. The molecule has 3 aliphatic heterocycles. The van der Waals surface area contributed by atoms with Crippen LogP contribution in [0.15, 0.2) is 60.1 Å². The first-order valence-corrected chi connectivity index (χ1v) is 24.4. The highest BCUT2D eigenvalue weighted by atomic mass is 35.5. The van der Waals surface area contributed by atoms with Crippen LogP contribution >= 0.6 is 11.6 Å². The Hall–Kier alpha value is -5.82. The lowest BCUT2D eigenvalue weighted by atomic mass is 9.67. The van der Waals surface area contributed by atoms with E-state index in [1.165, 1.54) is 5.69 Å². The Labute approximate surface area is 395 Å². The standard InChI is InChI=1S/C50H58ClF2N11O3/c1-31(65)62-21-15-44-41(30-62)48(63-20-3-4-32-24-39(34-28-55-60(2)29-34)40(47(52)53)26-45(32)63)59-64(44)36-13-16-50(17-14-36)18-22-61(23-19-50)46-12-11-43(57-58-46)49(66)56-35-6-9-37(10-7-35)67-38-8-5-33(27-54)42(51)25-38/h5,8,11-12,25-26,28-29,32,35-37,47H,3-4,6-7,9-10,13-24,30H2,1-2H3,(H,56,66). The molecule has 6 heterocycles. The van der Waals surface area contributed by atoms with Crippen LogP contribution in [0.1, 0.15) is 129 Å². The third-order valence-electron chi connectivity index (χ3n) is 15.6. The van der Waals surface area contributed by atoms with E-state index in [4.69, 9.17) is 26.7 Å². The fourth-order valence-electron chi connectivity index (χ4n) is 11.7. The lowest BCUT2D eigenvalue weighted by Crippen LogP contribution is -2.43. The number of carbonyl (C=O) groups is 2. The van der Waals surface area contributed by atoms with Crippen molar-refractivity contribution < 1.29 is 23.1 Å². The molecule has 0 bridgehead atoms. The molecule has 2 amide bonds. The number of alkyl halides is 2. The van der Waals surface area contributed by atoms with Gasteiger partial charge in [0.2, 0.25) is 5.91 Å². The lowest BCUT2D eigenvalue weighted by molar-refractivity contribution is -0.129. The fourth-order valence-corrected chi connectivity index (χ4v) is 11.9. The molecule has 1 spiro atoms. The molecule has 1 atom stereocenters. The minimum absolute atomic E-state index is 0.0136. The molecule has 2 saturated heterocycles. The van der Waals surface area contributed by atoms with Crippen LogP contribution in [0.5, 0.6) is 5.75 Å². The molecule has 2 saturated carbocycles. The van der Waals surface area contributed by atoms with E-state index >= 15 is 0 Å². The van der Waals surface area contributed by atoms with Gasteiger partial charge in [0.25, 0.3) is 12.3 Å². The van der Waals surface area contributed by atoms with Crippen molar-refractivity contribution in [1.82, 2.24) is 40.0 Å². The maximum Gasteiger partial charge on any atom is 0.272 e. The number of nitrogens with one attached hydrogen (secondary N) is 1. The zero-order valence-electron chi connectivity index (χ0n) is 38.3. The van der Waals surface area contributed by atoms with E-state index in [0.29, 0.717) is 53.7 Å². The topological polar surface area (TPSA) is 150 Å². The predicted octanol–water partition coefficient (Wildman–Crippen LogP) is 8.58. The van der Waals surface area contributed by atoms with Gasteiger partial charge in [-0.3, -0.25) is 19.0 Å². The summed E-state index contributed by atoms with van der Waals surface area (Å²) in [6.45, 7) is 5.18. The van der Waals surface area contributed by atoms with E-state index in [1.807, 2.05) is 24.2 Å². The molecule has 3 aromatic heterocycles. The number of rotatable bonds is 9. The van der Waals surface area contributed by atoms with E-state index in [0.717, 1.165) is 125 Å². The van der Waals surface area contributed by atoms with Gasteiger partial charge in [-0.05, 0) is 125 Å². The minimum Gasteiger partial charge on any atom is -0.490 e. The van der Waals surface area contributed by atoms with Crippen LogP contribution < -0.4 is 19.9 Å². The quantitative estimate of drug-likeness (QED) is 0.173. The summed E-state index contributed by atoms with van der Waals surface area (Å²) in [5.74, 6) is 2.16. The number of allylic oxidation sites excluding steroid dienone is 4. The Morgan fingerprint density at radius 1 is 0.985 bits per heavy atom. The van der Waals surface area contributed by atoms with Gasteiger partial charge in [0.1, 0.15) is 11.8 Å². The normalized spacial score (nSPS) is 23.1. The molecular weight excluding hydrogens is 876 g/mol. The number of ether oxygens (including phenoxy) is 1. The molecule has 352 valence electrons. The van der Waals surface area contributed by atoms with Crippen molar-refractivity contribution in [3.63, 3.8) is 0 Å². The number of carbonyl (C=O) groups excluding carboxylic acids is 2. The van der Waals surface area contributed by atoms with Crippen LogP contribution in [0.3, 0.4) is 0 Å². The van der Waals surface area contributed by atoms with Crippen LogP contribution in [-0.2, 0) is 24.8 Å². The van der Waals surface area contributed by atoms with E-state index in [2.05, 4.69) is 41.2 Å². The summed E-state index contributed by atoms with van der Waals surface area (Å²) < 4.78 is 39.7. The second-order valence-corrected chi connectivity index (χ2v) is 20.0. The molecular formula is C50H58ClF2N11O3. The molecule has 1 N–H and O–H groups in total. The van der Waals surface area contributed by atoms with Gasteiger partial charge in [0.15, 0.2) is 17.3 Å². The number of hydrogen-bond donors (Lipinski definition) is 1. The first-order chi connectivity index (χ1) is 32.4. The molecule has 6 aliphatic rings. The molecule has 14 nitrogen and oxygen atoms in total. The van der Waals surface area contributed by atoms with Crippen LogP contribution in [0, 0.1) is 22.7 Å². The predicted molar refractivity (Wildman–Crippen MR) is 250 cm³/mol. The number of anilines is 2. The monoisotopic (exact) mass is 933 g/mol. The first kappa shape index (κ1) is 45.0. The fraction of sp³-hybridized carbons (Fsp3) is 0.540. The number of aryl methyl sites for hydroxylation is 1. The van der Waals surface area contributed by atoms with Crippen molar-refractivity contribution in [3.05, 3.63) is 93.2 Å². The third-order valence-corrected chi connectivity index (χ3v) is 15.9. The summed E-state index contributed by atoms with van der Waals surface area (Å²) >= 11 is 6.18. The number of nitriles is 1. The van der Waals surface area contributed by atoms with Gasteiger partial charge in [-0.1, -0.05) is 11.6 Å². The third kappa shape index (κ3) is 9.15. The van der Waals surface area contributed by atoms with Gasteiger partial charge in [-0.25, -0.2) is 8.78 Å². The molecule has 0 radical (unpaired) electrons. The zero-order chi connectivity index (χ0) is 46.4. The minimum atomic E-state index is -2.62. The second kappa shape index (κ2) is 18.7. The van der Waals surface area contributed by atoms with Crippen LogP contribution in [-0.4, -0.2) is 91.2 Å². The molecule has 1 aromatic carbocycles. The Morgan fingerprint density at radius 3 is 2.45 bits per heavy atom. The Kier molecular flexibility index (Phi) is 12.6. The van der Waals surface area contributed by atoms with Crippen molar-refractivity contribution in [1.29, 1.82) is 5.26 Å². The maximum absolute atomic E-state index is 14.8. The number of hydrogen-bond acceptors (Lipinski definition) is 10. The van der Waals surface area contributed by atoms with Crippen molar-refractivity contribution >= 4 is 40.6 Å². The summed E-state index contributed by atoms with van der Waals surface area (Å²) in [4.78, 5) is 32.3. The van der Waals surface area contributed by atoms with Gasteiger partial charge < -0.3 is 24.8 Å². The Bertz CT molecular complexity index is 2610. The van der Waals surface area contributed by atoms with Crippen molar-refractivity contribution in [3.8, 4) is 11.8 Å². The number of aromatic nitrogens is 6. The van der Waals surface area contributed by atoms with Crippen LogP contribution in [0.2, 0.25) is 5.02 Å². The van der Waals surface area contributed by atoms with E-state index in [1.54, 1.807) is 48.1 Å². The van der Waals surface area contributed by atoms with Gasteiger partial charge >= 0.3 is 0 Å². The van der Waals surface area contributed by atoms with Crippen LogP contribution in [0.25, 0.3) is 5.57 Å². The summed E-state index contributed by atoms with van der Waals surface area (Å²) in [7, 11) is 1.81. The molecule has 4 aromatic rings. The molecule has 10 rings (SSSR count). The first-order valence-electron chi connectivity index (χ1n) is 24.0. The maximum atomic E-state index is 14.8. The van der Waals surface area contributed by atoms with Gasteiger partial charge in [0.05, 0.1) is 35.5 Å². The number of benzene rings is 1. The van der Waals surface area contributed by atoms with Crippen molar-refractivity contribution in [2.24, 2.45) is 18.4 Å². The lowest BCUT2D eigenvalue weighted by Gasteiger charge is -2.46. The second-order valence-electron chi connectivity index (χ2n) is 19.6. The molecule has 1 unspecified atom stereocenters. The van der Waals surface area contributed by atoms with E-state index in [9.17, 15) is 18.4 Å². The van der Waals surface area contributed by atoms with E-state index in [-0.39, 0.29) is 46.9 Å². The number of amides is 2. The Balaban J connectivity index is 0.762. The number of halogens is 3. The molecule has 3 aliphatic carbocycles. The number of fused-ring (bicyclic) bond motifs is 2. The molecule has 17 heteroatoms. The number of piperidine rings is 2. The smallest absolute Gasteiger partial charge is 0.272 e. The highest BCUT2D eigenvalue weighted by Gasteiger charge is 2.42. The van der Waals surface area contributed by atoms with Crippen molar-refractivity contribution in [2.45, 2.75) is 128 Å². The average Bonchev–Trinajstić information content (AvgIpc) is 3.95. The van der Waals surface area contributed by atoms with Crippen molar-refractivity contribution in [2.75, 3.05) is 36.0 Å². The SMILES string of the molecule is CC(=O)N1CCc2c(c(N3CCCC4CC(c5cnn(C)c5)=C(C(F)F)C=C43)nn2C2CCC3(CC2)CCN(c2ccc(C(=O)NC4CCC(Oc5ccc(C#N)c(Cl)c5)CC4)nn2)CC3)C1. The largest absolute Gasteiger partial charge is 0.490 e. The highest BCUT2D eigenvalue weighted by Crippen LogP contribution is 2.50.